The van der Waals surface area contributed by atoms with Gasteiger partial charge in [0.05, 0.1) is 21.4 Å². The zero-order valence-electron chi connectivity index (χ0n) is 11.6. The highest BCUT2D eigenvalue weighted by molar-refractivity contribution is 7.94. The van der Waals surface area contributed by atoms with Gasteiger partial charge in [-0.1, -0.05) is 29.3 Å². The second-order valence-corrected chi connectivity index (χ2v) is 8.08. The molecule has 0 amide bonds. The molecule has 22 heavy (non-hydrogen) atoms. The van der Waals surface area contributed by atoms with Crippen molar-refractivity contribution in [3.8, 4) is 0 Å². The van der Waals surface area contributed by atoms with E-state index in [1.807, 2.05) is 0 Å². The Hall–Kier alpha value is -0.990. The van der Waals surface area contributed by atoms with Crippen molar-refractivity contribution >= 4 is 55.9 Å². The summed E-state index contributed by atoms with van der Waals surface area (Å²) in [7, 11) is -3.79. The third kappa shape index (κ3) is 3.49. The first-order valence-corrected chi connectivity index (χ1v) is 9.34. The van der Waals surface area contributed by atoms with Crippen LogP contribution < -0.4 is 10.0 Å². The number of halogens is 2. The van der Waals surface area contributed by atoms with Crippen LogP contribution in [0.5, 0.6) is 0 Å². The summed E-state index contributed by atoms with van der Waals surface area (Å²) in [5.74, 6) is 0. The van der Waals surface area contributed by atoms with Crippen molar-refractivity contribution in [2.45, 2.75) is 11.1 Å². The zero-order valence-corrected chi connectivity index (χ0v) is 14.8. The molecule has 2 aromatic rings. The number of nitrogen functional groups attached to an aromatic ring is 1. The van der Waals surface area contributed by atoms with Crippen molar-refractivity contribution in [3.05, 3.63) is 39.7 Å². The Balaban J connectivity index is 2.54. The molecule has 0 fully saturated rings. The summed E-state index contributed by atoms with van der Waals surface area (Å²) >= 11 is 13.0. The highest BCUT2D eigenvalue weighted by Gasteiger charge is 2.28. The molecule has 0 bridgehead atoms. The van der Waals surface area contributed by atoms with E-state index in [2.05, 4.69) is 0 Å². The van der Waals surface area contributed by atoms with Crippen molar-refractivity contribution < 1.29 is 13.2 Å². The molecule has 0 saturated heterocycles. The van der Waals surface area contributed by atoms with Gasteiger partial charge < -0.3 is 10.5 Å². The van der Waals surface area contributed by atoms with Crippen molar-refractivity contribution in [2.75, 3.05) is 23.4 Å². The first-order chi connectivity index (χ1) is 10.4. The largest absolute Gasteiger partial charge is 0.397 e. The van der Waals surface area contributed by atoms with E-state index in [0.717, 1.165) is 15.6 Å². The van der Waals surface area contributed by atoms with Crippen molar-refractivity contribution in [3.63, 3.8) is 0 Å². The van der Waals surface area contributed by atoms with Gasteiger partial charge in [-0.25, -0.2) is 12.7 Å². The normalized spacial score (nSPS) is 11.6. The molecule has 0 saturated carbocycles. The molecule has 5 nitrogen and oxygen atoms in total. The minimum absolute atomic E-state index is 0.168. The number of ether oxygens (including phenoxy) is 1. The van der Waals surface area contributed by atoms with Crippen LogP contribution >= 0.6 is 34.5 Å². The van der Waals surface area contributed by atoms with E-state index < -0.39 is 10.0 Å². The number of nitrogens with two attached hydrogens (primary N) is 1. The standard InChI is InChI=1S/C13H14Cl2N2O3S2/c1-2-20-8-17(22(18,19)13-4-3-5-21-13)12-7-10(15)9(14)6-11(12)16/h3-7H,2,8,16H2,1H3. The Morgan fingerprint density at radius 2 is 2.00 bits per heavy atom. The van der Waals surface area contributed by atoms with Crippen LogP contribution in [0.25, 0.3) is 0 Å². The molecule has 0 radical (unpaired) electrons. The fourth-order valence-corrected chi connectivity index (χ4v) is 4.53. The average molecular weight is 381 g/mol. The lowest BCUT2D eigenvalue weighted by Gasteiger charge is -2.25. The summed E-state index contributed by atoms with van der Waals surface area (Å²) in [6.45, 7) is 1.96. The minimum atomic E-state index is -3.79. The van der Waals surface area contributed by atoms with Crippen molar-refractivity contribution in [1.29, 1.82) is 0 Å². The molecule has 0 spiro atoms. The quantitative estimate of drug-likeness (QED) is 0.610. The lowest BCUT2D eigenvalue weighted by Crippen LogP contribution is -2.33. The Labute approximate surface area is 143 Å². The molecule has 0 aliphatic heterocycles. The van der Waals surface area contributed by atoms with Gasteiger partial charge in [0.25, 0.3) is 10.0 Å². The summed E-state index contributed by atoms with van der Waals surface area (Å²) in [6.07, 6.45) is 0. The molecule has 1 aromatic heterocycles. The molecule has 0 atom stereocenters. The second-order valence-electron chi connectivity index (χ2n) is 4.23. The fraction of sp³-hybridized carbons (Fsp3) is 0.231. The molecule has 0 aliphatic rings. The molecule has 1 aromatic carbocycles. The van der Waals surface area contributed by atoms with Crippen molar-refractivity contribution in [1.82, 2.24) is 0 Å². The Bertz CT molecular complexity index is 749. The fourth-order valence-electron chi connectivity index (χ4n) is 1.73. The maximum atomic E-state index is 12.8. The Morgan fingerprint density at radius 1 is 1.32 bits per heavy atom. The summed E-state index contributed by atoms with van der Waals surface area (Å²) in [5, 5.41) is 2.16. The van der Waals surface area contributed by atoms with Crippen LogP contribution in [0.3, 0.4) is 0 Å². The van der Waals surface area contributed by atoms with Crippen LogP contribution in [0, 0.1) is 0 Å². The predicted molar refractivity (Wildman–Crippen MR) is 91.4 cm³/mol. The van der Waals surface area contributed by atoms with Crippen LogP contribution in [-0.2, 0) is 14.8 Å². The van der Waals surface area contributed by atoms with Gasteiger partial charge in [-0.3, -0.25) is 0 Å². The summed E-state index contributed by atoms with van der Waals surface area (Å²) in [4.78, 5) is 0. The highest BCUT2D eigenvalue weighted by Crippen LogP contribution is 2.36. The lowest BCUT2D eigenvalue weighted by molar-refractivity contribution is 0.157. The topological polar surface area (TPSA) is 72.6 Å². The summed E-state index contributed by atoms with van der Waals surface area (Å²) in [6, 6.07) is 6.02. The first kappa shape index (κ1) is 17.4. The Morgan fingerprint density at radius 3 is 2.59 bits per heavy atom. The zero-order chi connectivity index (χ0) is 16.3. The lowest BCUT2D eigenvalue weighted by atomic mass is 10.2. The average Bonchev–Trinajstić information content (AvgIpc) is 2.99. The molecule has 1 heterocycles. The van der Waals surface area contributed by atoms with Crippen molar-refractivity contribution in [2.24, 2.45) is 0 Å². The van der Waals surface area contributed by atoms with E-state index in [4.69, 9.17) is 33.7 Å². The molecule has 2 N–H and O–H groups in total. The summed E-state index contributed by atoms with van der Waals surface area (Å²) < 4.78 is 32.1. The van der Waals surface area contributed by atoms with Gasteiger partial charge in [0.1, 0.15) is 10.9 Å². The number of nitrogens with zero attached hydrogens (tertiary/aromatic N) is 1. The van der Waals surface area contributed by atoms with Crippen LogP contribution in [0.4, 0.5) is 11.4 Å². The van der Waals surface area contributed by atoms with Gasteiger partial charge in [-0.05, 0) is 30.5 Å². The Kier molecular flexibility index (Phi) is 5.57. The van der Waals surface area contributed by atoms with E-state index in [1.54, 1.807) is 18.4 Å². The molecule has 120 valence electrons. The molecule has 2 rings (SSSR count). The number of hydrogen-bond acceptors (Lipinski definition) is 5. The van der Waals surface area contributed by atoms with E-state index in [1.165, 1.54) is 18.2 Å². The van der Waals surface area contributed by atoms with Gasteiger partial charge in [-0.2, -0.15) is 0 Å². The van der Waals surface area contributed by atoms with E-state index >= 15 is 0 Å². The van der Waals surface area contributed by atoms with Crippen LogP contribution in [-0.4, -0.2) is 21.8 Å². The number of rotatable bonds is 6. The van der Waals surface area contributed by atoms with Gasteiger partial charge in [0, 0.05) is 6.61 Å². The predicted octanol–water partition coefficient (Wildman–Crippen LogP) is 3.83. The molecule has 9 heteroatoms. The molecule has 0 unspecified atom stereocenters. The summed E-state index contributed by atoms with van der Waals surface area (Å²) in [5.41, 5.74) is 6.35. The number of benzene rings is 1. The highest BCUT2D eigenvalue weighted by atomic mass is 35.5. The van der Waals surface area contributed by atoms with Crippen LogP contribution in [0.15, 0.2) is 33.9 Å². The second kappa shape index (κ2) is 7.06. The third-order valence-corrected chi connectivity index (χ3v) is 6.62. The molecular weight excluding hydrogens is 367 g/mol. The number of anilines is 2. The molecule has 0 aliphatic carbocycles. The smallest absolute Gasteiger partial charge is 0.275 e. The SMILES string of the molecule is CCOCN(c1cc(Cl)c(Cl)cc1N)S(=O)(=O)c1cccs1. The van der Waals surface area contributed by atoms with Gasteiger partial charge in [0.2, 0.25) is 0 Å². The maximum absolute atomic E-state index is 12.8. The van der Waals surface area contributed by atoms with E-state index in [-0.39, 0.29) is 32.4 Å². The number of thiophene rings is 1. The van der Waals surface area contributed by atoms with Gasteiger partial charge in [0.15, 0.2) is 0 Å². The van der Waals surface area contributed by atoms with Gasteiger partial charge in [-0.15, -0.1) is 11.3 Å². The van der Waals surface area contributed by atoms with Crippen LogP contribution in [0.1, 0.15) is 6.92 Å². The monoisotopic (exact) mass is 380 g/mol. The number of hydrogen-bond donors (Lipinski definition) is 1. The van der Waals surface area contributed by atoms with Gasteiger partial charge >= 0.3 is 0 Å². The van der Waals surface area contributed by atoms with E-state index in [9.17, 15) is 8.42 Å². The molecular formula is C13H14Cl2N2O3S2. The third-order valence-electron chi connectivity index (χ3n) is 2.79. The maximum Gasteiger partial charge on any atom is 0.275 e. The number of sulfonamides is 1. The van der Waals surface area contributed by atoms with Crippen LogP contribution in [0.2, 0.25) is 10.0 Å². The minimum Gasteiger partial charge on any atom is -0.397 e. The first-order valence-electron chi connectivity index (χ1n) is 6.26. The van der Waals surface area contributed by atoms with E-state index in [0.29, 0.717) is 6.61 Å².